The van der Waals surface area contributed by atoms with Crippen molar-refractivity contribution in [1.82, 2.24) is 0 Å². The zero-order valence-corrected chi connectivity index (χ0v) is 14.9. The van der Waals surface area contributed by atoms with Gasteiger partial charge in [-0.05, 0) is 29.8 Å². The van der Waals surface area contributed by atoms with Gasteiger partial charge in [-0.1, -0.05) is 18.2 Å². The Morgan fingerprint density at radius 3 is 2.52 bits per heavy atom. The van der Waals surface area contributed by atoms with E-state index in [9.17, 15) is 17.6 Å². The Labute approximate surface area is 157 Å². The van der Waals surface area contributed by atoms with Crippen LogP contribution < -0.4 is 15.8 Å². The number of nitrogens with zero attached hydrogens (tertiary/aromatic N) is 1. The van der Waals surface area contributed by atoms with Gasteiger partial charge in [-0.15, -0.1) is 37.1 Å². The number of phenolic OH excluding ortho intramolecular Hbond substituents is 1. The maximum Gasteiger partial charge on any atom is 0.573 e. The van der Waals surface area contributed by atoms with Crippen molar-refractivity contribution >= 4 is 35.6 Å². The second kappa shape index (κ2) is 8.74. The number of para-hydroxylation sites is 2. The molecule has 2 rings (SSSR count). The van der Waals surface area contributed by atoms with Gasteiger partial charge in [0.25, 0.3) is 0 Å². The van der Waals surface area contributed by atoms with Crippen molar-refractivity contribution in [3.8, 4) is 11.5 Å². The van der Waals surface area contributed by atoms with Gasteiger partial charge >= 0.3 is 6.36 Å². The molecule has 0 saturated heterocycles. The Morgan fingerprint density at radius 2 is 1.88 bits per heavy atom. The molecule has 136 valence electrons. The molecule has 0 aliphatic heterocycles. The van der Waals surface area contributed by atoms with E-state index in [4.69, 9.17) is 10.8 Å². The number of guanidine groups is 1. The first-order valence-corrected chi connectivity index (χ1v) is 6.64. The summed E-state index contributed by atoms with van der Waals surface area (Å²) in [5, 5.41) is 11.6. The molecule has 0 aliphatic rings. The molecule has 0 heterocycles. The summed E-state index contributed by atoms with van der Waals surface area (Å²) in [6.45, 7) is -0.0294. The molecule has 2 aromatic carbocycles. The smallest absolute Gasteiger partial charge is 0.505 e. The van der Waals surface area contributed by atoms with E-state index < -0.39 is 23.7 Å². The van der Waals surface area contributed by atoms with Crippen LogP contribution in [-0.2, 0) is 6.54 Å². The van der Waals surface area contributed by atoms with Crippen molar-refractivity contribution in [3.63, 3.8) is 0 Å². The van der Waals surface area contributed by atoms with Crippen molar-refractivity contribution in [2.24, 2.45) is 10.7 Å². The second-order valence-electron chi connectivity index (χ2n) is 4.66. The highest BCUT2D eigenvalue weighted by Crippen LogP contribution is 2.29. The van der Waals surface area contributed by atoms with Gasteiger partial charge in [-0.25, -0.2) is 9.38 Å². The van der Waals surface area contributed by atoms with E-state index in [1.165, 1.54) is 24.3 Å². The number of hydrogen-bond acceptors (Lipinski definition) is 3. The molecule has 0 bridgehead atoms. The predicted octanol–water partition coefficient (Wildman–Crippen LogP) is 3.97. The van der Waals surface area contributed by atoms with Crippen LogP contribution in [0.4, 0.5) is 23.2 Å². The Hall–Kier alpha value is -2.24. The number of phenols is 1. The summed E-state index contributed by atoms with van der Waals surface area (Å²) in [6, 6.07) is 9.01. The Bertz CT molecular complexity index is 754. The van der Waals surface area contributed by atoms with Crippen molar-refractivity contribution in [3.05, 3.63) is 53.8 Å². The first kappa shape index (κ1) is 20.8. The molecule has 0 radical (unpaired) electrons. The zero-order chi connectivity index (χ0) is 17.7. The van der Waals surface area contributed by atoms with Crippen molar-refractivity contribution in [1.29, 1.82) is 0 Å². The zero-order valence-electron chi connectivity index (χ0n) is 12.5. The minimum absolute atomic E-state index is 0. The van der Waals surface area contributed by atoms with Crippen LogP contribution in [0.1, 0.15) is 5.56 Å². The van der Waals surface area contributed by atoms with Crippen LogP contribution in [0.25, 0.3) is 0 Å². The van der Waals surface area contributed by atoms with Gasteiger partial charge in [-0.3, -0.25) is 0 Å². The fourth-order valence-electron chi connectivity index (χ4n) is 1.79. The van der Waals surface area contributed by atoms with Gasteiger partial charge in [0.1, 0.15) is 0 Å². The van der Waals surface area contributed by atoms with Crippen LogP contribution in [-0.4, -0.2) is 17.4 Å². The maximum atomic E-state index is 13.2. The SMILES string of the molecule is I.NC(=NCc1ccc(O)c(F)c1)Nc1ccccc1OC(F)(F)F. The van der Waals surface area contributed by atoms with E-state index in [1.807, 2.05) is 0 Å². The fraction of sp³-hybridized carbons (Fsp3) is 0.133. The van der Waals surface area contributed by atoms with E-state index in [-0.39, 0.29) is 42.2 Å². The summed E-state index contributed by atoms with van der Waals surface area (Å²) in [5.74, 6) is -1.94. The number of alkyl halides is 3. The molecule has 0 spiro atoms. The minimum atomic E-state index is -4.84. The van der Waals surface area contributed by atoms with Crippen LogP contribution in [0.3, 0.4) is 0 Å². The van der Waals surface area contributed by atoms with Gasteiger partial charge in [0.2, 0.25) is 0 Å². The van der Waals surface area contributed by atoms with Gasteiger partial charge in [0.15, 0.2) is 23.3 Å². The molecule has 25 heavy (non-hydrogen) atoms. The third-order valence-electron chi connectivity index (χ3n) is 2.82. The molecular formula is C15H14F4IN3O2. The minimum Gasteiger partial charge on any atom is -0.505 e. The number of benzene rings is 2. The molecule has 10 heteroatoms. The summed E-state index contributed by atoms with van der Waals surface area (Å²) in [7, 11) is 0. The number of halogens is 5. The van der Waals surface area contributed by atoms with E-state index in [1.54, 1.807) is 0 Å². The van der Waals surface area contributed by atoms with E-state index in [0.29, 0.717) is 5.56 Å². The summed E-state index contributed by atoms with van der Waals surface area (Å²) in [5.41, 5.74) is 6.02. The quantitative estimate of drug-likeness (QED) is 0.273. The lowest BCUT2D eigenvalue weighted by Gasteiger charge is -2.14. The van der Waals surface area contributed by atoms with Crippen LogP contribution in [0.2, 0.25) is 0 Å². The Kier molecular flexibility index (Phi) is 7.27. The van der Waals surface area contributed by atoms with Crippen LogP contribution in [0.15, 0.2) is 47.5 Å². The van der Waals surface area contributed by atoms with E-state index >= 15 is 0 Å². The lowest BCUT2D eigenvalue weighted by atomic mass is 10.2. The Balaban J connectivity index is 0.00000312. The Morgan fingerprint density at radius 1 is 1.20 bits per heavy atom. The van der Waals surface area contributed by atoms with Crippen molar-refractivity contribution in [2.45, 2.75) is 12.9 Å². The summed E-state index contributed by atoms with van der Waals surface area (Å²) < 4.78 is 54.1. The molecule has 0 aliphatic carbocycles. The first-order chi connectivity index (χ1) is 11.2. The highest BCUT2D eigenvalue weighted by Gasteiger charge is 2.32. The van der Waals surface area contributed by atoms with Crippen molar-refractivity contribution < 1.29 is 27.4 Å². The van der Waals surface area contributed by atoms with Crippen molar-refractivity contribution in [2.75, 3.05) is 5.32 Å². The third kappa shape index (κ3) is 6.64. The standard InChI is InChI=1S/C15H13F4N3O2.HI/c16-10-7-9(5-6-12(10)23)8-21-14(20)22-11-3-1-2-4-13(11)24-15(17,18)19;/h1-7,23H,8H2,(H3,20,21,22);1H. The van der Waals surface area contributed by atoms with Gasteiger partial charge in [0, 0.05) is 0 Å². The molecule has 0 aromatic heterocycles. The summed E-state index contributed by atoms with van der Waals surface area (Å²) >= 11 is 0. The topological polar surface area (TPSA) is 79.9 Å². The highest BCUT2D eigenvalue weighted by molar-refractivity contribution is 14.0. The highest BCUT2D eigenvalue weighted by atomic mass is 127. The number of anilines is 1. The first-order valence-electron chi connectivity index (χ1n) is 6.64. The summed E-state index contributed by atoms with van der Waals surface area (Å²) in [6.07, 6.45) is -4.84. The number of aromatic hydroxyl groups is 1. The number of nitrogens with two attached hydrogens (primary N) is 1. The van der Waals surface area contributed by atoms with Gasteiger partial charge in [-0.2, -0.15) is 0 Å². The monoisotopic (exact) mass is 471 g/mol. The van der Waals surface area contributed by atoms with Gasteiger partial charge in [0.05, 0.1) is 12.2 Å². The normalized spacial score (nSPS) is 11.6. The predicted molar refractivity (Wildman–Crippen MR) is 95.6 cm³/mol. The van der Waals surface area contributed by atoms with Crippen LogP contribution in [0.5, 0.6) is 11.5 Å². The number of hydrogen-bond donors (Lipinski definition) is 3. The third-order valence-corrected chi connectivity index (χ3v) is 2.82. The molecule has 4 N–H and O–H groups in total. The van der Waals surface area contributed by atoms with E-state index in [0.717, 1.165) is 18.2 Å². The fourth-order valence-corrected chi connectivity index (χ4v) is 1.79. The largest absolute Gasteiger partial charge is 0.573 e. The second-order valence-corrected chi connectivity index (χ2v) is 4.66. The average molecular weight is 471 g/mol. The molecule has 0 unspecified atom stereocenters. The molecular weight excluding hydrogens is 457 g/mol. The average Bonchev–Trinajstić information content (AvgIpc) is 2.49. The van der Waals surface area contributed by atoms with Crippen LogP contribution in [0, 0.1) is 5.82 Å². The number of ether oxygens (including phenoxy) is 1. The maximum absolute atomic E-state index is 13.2. The molecule has 0 atom stereocenters. The molecule has 0 saturated carbocycles. The molecule has 0 fully saturated rings. The van der Waals surface area contributed by atoms with Crippen LogP contribution >= 0.6 is 24.0 Å². The lowest BCUT2D eigenvalue weighted by molar-refractivity contribution is -0.274. The number of rotatable bonds is 4. The number of nitrogens with one attached hydrogen (secondary N) is 1. The molecule has 2 aromatic rings. The van der Waals surface area contributed by atoms with E-state index in [2.05, 4.69) is 15.0 Å². The lowest BCUT2D eigenvalue weighted by Crippen LogP contribution is -2.24. The molecule has 5 nitrogen and oxygen atoms in total. The molecule has 0 amide bonds. The summed E-state index contributed by atoms with van der Waals surface area (Å²) in [4.78, 5) is 3.90. The van der Waals surface area contributed by atoms with Gasteiger partial charge < -0.3 is 20.9 Å². The number of aliphatic imine (C=N–C) groups is 1.